The zero-order chi connectivity index (χ0) is 86.0. The van der Waals surface area contributed by atoms with Crippen LogP contribution in [0.5, 0.6) is 11.5 Å². The van der Waals surface area contributed by atoms with Crippen LogP contribution in [0, 0.1) is 0 Å². The van der Waals surface area contributed by atoms with E-state index < -0.39 is 0 Å². The molecule has 10 heteroatoms. The van der Waals surface area contributed by atoms with E-state index in [4.69, 9.17) is 9.47 Å². The Morgan fingerprint density at radius 1 is 0.231 bits per heavy atom. The van der Waals surface area contributed by atoms with Crippen molar-refractivity contribution in [2.24, 2.45) is 0 Å². The highest BCUT2D eigenvalue weighted by atomic mass is 32.1. The molecule has 0 aliphatic carbocycles. The number of benzene rings is 19. The summed E-state index contributed by atoms with van der Waals surface area (Å²) in [6, 6.07) is 143. The van der Waals surface area contributed by atoms with Gasteiger partial charge in [-0.05, 0) is 286 Å². The lowest BCUT2D eigenvalue weighted by molar-refractivity contribution is 0.415. The van der Waals surface area contributed by atoms with Gasteiger partial charge in [-0.1, -0.05) is 212 Å². The summed E-state index contributed by atoms with van der Waals surface area (Å²) in [5.74, 6) is 1.70. The van der Waals surface area contributed by atoms with Crippen LogP contribution in [0.2, 0.25) is 0 Å². The second kappa shape index (κ2) is 31.3. The Balaban J connectivity index is 0.000000109. The Morgan fingerprint density at radius 2 is 0.623 bits per heavy atom. The molecule has 0 saturated heterocycles. The first-order valence-electron chi connectivity index (χ1n) is 43.9. The molecule has 27 rings (SSSR count). The van der Waals surface area contributed by atoms with Crippen molar-refractivity contribution >= 4 is 182 Å². The average molecular weight is 1700 g/mol. The summed E-state index contributed by atoms with van der Waals surface area (Å²) in [6.45, 7) is 0. The molecule has 0 saturated carbocycles. The molecule has 130 heavy (non-hydrogen) atoms. The quantitative estimate of drug-likeness (QED) is 0.121. The van der Waals surface area contributed by atoms with Crippen molar-refractivity contribution in [3.63, 3.8) is 0 Å². The molecule has 0 aliphatic heterocycles. The second-order valence-electron chi connectivity index (χ2n) is 33.4. The van der Waals surface area contributed by atoms with Gasteiger partial charge in [0.05, 0.1) is 41.8 Å². The van der Waals surface area contributed by atoms with E-state index in [1.165, 1.54) is 193 Å². The van der Waals surface area contributed by atoms with E-state index >= 15 is 0 Å². The third-order valence-corrected chi connectivity index (χ3v) is 28.7. The van der Waals surface area contributed by atoms with E-state index in [2.05, 4.69) is 417 Å². The first-order valence-corrected chi connectivity index (χ1v) is 45.5. The minimum Gasteiger partial charge on any atom is -0.497 e. The maximum Gasteiger partial charge on any atom is 0.118 e. The third-order valence-electron chi connectivity index (χ3n) is 26.3. The van der Waals surface area contributed by atoms with Crippen LogP contribution in [0.25, 0.3) is 238 Å². The van der Waals surface area contributed by atoms with E-state index in [0.717, 1.165) is 56.2 Å². The van der Waals surface area contributed by atoms with Gasteiger partial charge in [-0.15, -0.1) is 22.7 Å². The fraction of sp³-hybridized carbons (Fsp3) is 0.0167. The molecule has 8 nitrogen and oxygen atoms in total. The van der Waals surface area contributed by atoms with E-state index in [9.17, 15) is 0 Å². The van der Waals surface area contributed by atoms with Crippen LogP contribution in [-0.4, -0.2) is 42.5 Å². The highest BCUT2D eigenvalue weighted by molar-refractivity contribution is 7.27. The summed E-state index contributed by atoms with van der Waals surface area (Å²) in [6.07, 6.45) is 14.1. The molecule has 0 N–H and O–H groups in total. The van der Waals surface area contributed by atoms with Crippen molar-refractivity contribution in [1.82, 2.24) is 28.2 Å². The van der Waals surface area contributed by atoms with Crippen LogP contribution in [0.4, 0.5) is 0 Å². The normalized spacial score (nSPS) is 11.8. The Morgan fingerprint density at radius 3 is 1.12 bits per heavy atom. The number of rotatable bonds is 11. The molecule has 0 unspecified atom stereocenters. The van der Waals surface area contributed by atoms with E-state index in [1.54, 1.807) is 14.2 Å². The van der Waals surface area contributed by atoms with Crippen molar-refractivity contribution in [3.8, 4) is 89.9 Å². The molecule has 0 spiro atoms. The Kier molecular flexibility index (Phi) is 18.3. The Bertz CT molecular complexity index is 9140. The number of aromatic nitrogens is 6. The van der Waals surface area contributed by atoms with Crippen molar-refractivity contribution in [2.45, 2.75) is 0 Å². The molecule has 612 valence electrons. The zero-order valence-electron chi connectivity index (χ0n) is 70.9. The van der Waals surface area contributed by atoms with Gasteiger partial charge < -0.3 is 27.7 Å². The Labute approximate surface area is 756 Å². The second-order valence-corrected chi connectivity index (χ2v) is 35.5. The molecule has 0 fully saturated rings. The van der Waals surface area contributed by atoms with Gasteiger partial charge in [0.1, 0.15) is 11.5 Å². The average Bonchev–Trinajstić information content (AvgIpc) is 1.46. The number of pyridine rings is 2. The standard InChI is InChI=1S/C52H35N3O.C35H23NOS.C33H20N2S/c1-56-41-24-22-36(23-25-41)51-46-30-45-42-16-8-9-17-48(42)55(40-14-6-3-7-15-40)50(45)31-44(46)43-29-37-26-28-54(39-12-4-2-5-13-39)49(37)32-47(43)52(51)35-20-18-34(19-21-35)38-11-10-27-53-33-38;1-37-26-13-11-22(12-14-26)30-20-24-21-32-23(17-18-36(32)25-7-3-2-4-8-25)19-31(24)34-28(30)15-16-29-27-9-5-6-10-33(27)38-35(29)34;1-2-8-24(9-3-1)35-16-14-21-17-29-23(19-30(21)35)18-28(22-7-6-15-34-20-22)26-12-13-27-25-10-4-5-11-31(25)36-33(27)32(26)29/h2-33H,1H3;2-21H,1H3;1-20H. The summed E-state index contributed by atoms with van der Waals surface area (Å²) in [4.78, 5) is 8.83. The predicted octanol–water partition coefficient (Wildman–Crippen LogP) is 32.8. The topological polar surface area (TPSA) is 64.0 Å². The lowest BCUT2D eigenvalue weighted by Gasteiger charge is -2.20. The molecule has 27 aromatic rings. The SMILES string of the molecule is COc1ccc(-c2c(-c3ccc(-c4cccnc4)cc3)c3cc4c(ccn4-c4ccccc4)cc3c3cc4c(cc23)c2ccccc2n4-c2ccccc2)cc1.COc1ccc(-c2cc3cc4c(ccn4-c4ccccc4)cc3c3c2ccc2c4ccccc4sc23)cc1.c1ccc(-n2ccc3cc4c(cc(-c5cccnc5)c5ccc6c7ccccc7sc6c54)cc32)cc1. The van der Waals surface area contributed by atoms with Crippen LogP contribution >= 0.6 is 22.7 Å². The van der Waals surface area contributed by atoms with Crippen LogP contribution in [0.1, 0.15) is 0 Å². The number of para-hydroxylation sites is 5. The largest absolute Gasteiger partial charge is 0.497 e. The third kappa shape index (κ3) is 12.7. The minimum absolute atomic E-state index is 0.830. The summed E-state index contributed by atoms with van der Waals surface area (Å²) >= 11 is 3.79. The summed E-state index contributed by atoms with van der Waals surface area (Å²) < 4.78 is 25.8. The van der Waals surface area contributed by atoms with Crippen LogP contribution < -0.4 is 9.47 Å². The number of hydrogen-bond donors (Lipinski definition) is 0. The number of ether oxygens (including phenoxy) is 2. The molecule has 8 aromatic heterocycles. The number of fused-ring (bicyclic) bond motifs is 23. The molecule has 0 bridgehead atoms. The smallest absolute Gasteiger partial charge is 0.118 e. The molecular weight excluding hydrogens is 1620 g/mol. The molecule has 0 aliphatic rings. The first-order chi connectivity index (χ1) is 64.4. The van der Waals surface area contributed by atoms with Crippen LogP contribution in [-0.2, 0) is 0 Å². The van der Waals surface area contributed by atoms with Gasteiger partial charge in [0.25, 0.3) is 0 Å². The minimum atomic E-state index is 0.830. The number of methoxy groups -OCH3 is 2. The number of nitrogens with zero attached hydrogens (tertiary/aromatic N) is 6. The van der Waals surface area contributed by atoms with E-state index in [-0.39, 0.29) is 0 Å². The fourth-order valence-corrected chi connectivity index (χ4v) is 22.7. The molecule has 19 aromatic carbocycles. The maximum atomic E-state index is 5.67. The summed E-state index contributed by atoms with van der Waals surface area (Å²) in [5, 5.41) is 26.6. The molecule has 0 atom stereocenters. The van der Waals surface area contributed by atoms with Crippen molar-refractivity contribution < 1.29 is 9.47 Å². The van der Waals surface area contributed by atoms with E-state index in [1.807, 2.05) is 71.7 Å². The van der Waals surface area contributed by atoms with Gasteiger partial charge in [-0.3, -0.25) is 9.97 Å². The first kappa shape index (κ1) is 76.0. The molecule has 0 amide bonds. The summed E-state index contributed by atoms with van der Waals surface area (Å²) in [5.41, 5.74) is 22.3. The molecular formula is C120H78N6O2S2. The van der Waals surface area contributed by atoms with Gasteiger partial charge >= 0.3 is 0 Å². The fourth-order valence-electron chi connectivity index (χ4n) is 20.2. The number of hydrogen-bond acceptors (Lipinski definition) is 6. The monoisotopic (exact) mass is 1700 g/mol. The lowest BCUT2D eigenvalue weighted by Crippen LogP contribution is -1.96. The zero-order valence-corrected chi connectivity index (χ0v) is 72.5. The van der Waals surface area contributed by atoms with Crippen LogP contribution in [0.3, 0.4) is 0 Å². The van der Waals surface area contributed by atoms with Crippen LogP contribution in [0.15, 0.2) is 438 Å². The van der Waals surface area contributed by atoms with Gasteiger partial charge in [-0.25, -0.2) is 0 Å². The van der Waals surface area contributed by atoms with E-state index in [0.29, 0.717) is 0 Å². The maximum absolute atomic E-state index is 5.67. The highest BCUT2D eigenvalue weighted by Crippen LogP contribution is 2.52. The predicted molar refractivity (Wildman–Crippen MR) is 551 cm³/mol. The van der Waals surface area contributed by atoms with Gasteiger partial charge in [0.15, 0.2) is 0 Å². The highest BCUT2D eigenvalue weighted by Gasteiger charge is 2.26. The number of thiophene rings is 2. The lowest BCUT2D eigenvalue weighted by atomic mass is 9.83. The van der Waals surface area contributed by atoms with Crippen molar-refractivity contribution in [2.75, 3.05) is 14.2 Å². The van der Waals surface area contributed by atoms with Gasteiger partial charge in [0.2, 0.25) is 0 Å². The molecule has 8 heterocycles. The van der Waals surface area contributed by atoms with Gasteiger partial charge in [-0.2, -0.15) is 0 Å². The van der Waals surface area contributed by atoms with Crippen molar-refractivity contribution in [3.05, 3.63) is 438 Å². The van der Waals surface area contributed by atoms with Crippen molar-refractivity contribution in [1.29, 1.82) is 0 Å². The van der Waals surface area contributed by atoms with Gasteiger partial charge in [0, 0.05) is 150 Å². The Hall–Kier alpha value is -16.5. The molecule has 0 radical (unpaired) electrons. The summed E-state index contributed by atoms with van der Waals surface area (Å²) in [7, 11) is 3.44.